The highest BCUT2D eigenvalue weighted by Gasteiger charge is 2.31. The van der Waals surface area contributed by atoms with E-state index in [2.05, 4.69) is 22.1 Å². The van der Waals surface area contributed by atoms with Gasteiger partial charge in [-0.05, 0) is 12.1 Å². The lowest BCUT2D eigenvalue weighted by Gasteiger charge is -2.20. The molecule has 8 nitrogen and oxygen atoms in total. The number of ether oxygens (including phenoxy) is 1. The van der Waals surface area contributed by atoms with Gasteiger partial charge in [-0.15, -0.1) is 16.8 Å². The van der Waals surface area contributed by atoms with E-state index < -0.39 is 22.0 Å². The van der Waals surface area contributed by atoms with Crippen molar-refractivity contribution >= 4 is 49.8 Å². The predicted octanol–water partition coefficient (Wildman–Crippen LogP) is 2.37. The molecule has 2 heterocycles. The van der Waals surface area contributed by atoms with E-state index in [-0.39, 0.29) is 13.0 Å². The Bertz CT molecular complexity index is 945. The number of fused-ring (bicyclic) bond motifs is 1. The smallest absolute Gasteiger partial charge is 0.267 e. The molecule has 1 aromatic carbocycles. The molecule has 0 unspecified atom stereocenters. The van der Waals surface area contributed by atoms with Gasteiger partial charge < -0.3 is 4.74 Å². The minimum atomic E-state index is -3.49. The molecule has 0 aliphatic carbocycles. The normalized spacial score (nSPS) is 16.8. The van der Waals surface area contributed by atoms with E-state index in [9.17, 15) is 13.2 Å². The lowest BCUT2D eigenvalue weighted by molar-refractivity contribution is -0.122. The SMILES string of the molecule is C=CCSc1nnc(NC(=O)[C@@H]2CCN(S(C)(=O)=O)c3ccccc3O2)s1. The van der Waals surface area contributed by atoms with Crippen molar-refractivity contribution < 1.29 is 17.9 Å². The van der Waals surface area contributed by atoms with Crippen LogP contribution in [0.1, 0.15) is 6.42 Å². The number of nitrogens with zero attached hydrogens (tertiary/aromatic N) is 3. The van der Waals surface area contributed by atoms with E-state index >= 15 is 0 Å². The van der Waals surface area contributed by atoms with E-state index in [1.165, 1.54) is 27.4 Å². The van der Waals surface area contributed by atoms with Crippen molar-refractivity contribution in [3.63, 3.8) is 0 Å². The first kappa shape index (κ1) is 19.6. The fourth-order valence-corrected chi connectivity index (χ4v) is 4.95. The molecule has 27 heavy (non-hydrogen) atoms. The standard InChI is InChI=1S/C16H18N4O4S3/c1-3-10-25-16-19-18-15(26-16)17-14(21)13-8-9-20(27(2,22)23)11-6-4-5-7-12(11)24-13/h3-7,13H,1,8-10H2,2H3,(H,17,18,21)/t13-/m0/s1. The third-order valence-corrected chi connectivity index (χ3v) is 6.80. The number of amides is 1. The number of carbonyl (C=O) groups is 1. The third-order valence-electron chi connectivity index (χ3n) is 3.65. The lowest BCUT2D eigenvalue weighted by atomic mass is 10.2. The minimum Gasteiger partial charge on any atom is -0.478 e. The van der Waals surface area contributed by atoms with Crippen LogP contribution in [0.25, 0.3) is 0 Å². The molecule has 11 heteroatoms. The maximum absolute atomic E-state index is 12.6. The number of rotatable bonds is 6. The second-order valence-electron chi connectivity index (χ2n) is 5.66. The Labute approximate surface area is 165 Å². The van der Waals surface area contributed by atoms with Gasteiger partial charge in [0.15, 0.2) is 10.4 Å². The molecule has 0 fully saturated rings. The van der Waals surface area contributed by atoms with E-state index in [0.29, 0.717) is 22.3 Å². The molecule has 1 atom stereocenters. The molecular weight excluding hydrogens is 408 g/mol. The number of para-hydroxylation sites is 2. The van der Waals surface area contributed by atoms with Crippen LogP contribution >= 0.6 is 23.1 Å². The topological polar surface area (TPSA) is 101 Å². The summed E-state index contributed by atoms with van der Waals surface area (Å²) in [6.45, 7) is 3.79. The highest BCUT2D eigenvalue weighted by molar-refractivity contribution is 8.01. The number of sulfonamides is 1. The largest absolute Gasteiger partial charge is 0.478 e. The molecule has 0 saturated heterocycles. The zero-order valence-electron chi connectivity index (χ0n) is 14.5. The van der Waals surface area contributed by atoms with Crippen molar-refractivity contribution in [2.24, 2.45) is 0 Å². The van der Waals surface area contributed by atoms with Crippen LogP contribution < -0.4 is 14.4 Å². The Morgan fingerprint density at radius 2 is 2.26 bits per heavy atom. The van der Waals surface area contributed by atoms with Crippen molar-refractivity contribution in [1.82, 2.24) is 10.2 Å². The Hall–Kier alpha value is -2.11. The molecule has 3 rings (SSSR count). The molecule has 0 saturated carbocycles. The average molecular weight is 427 g/mol. The molecule has 2 aromatic rings. The molecule has 0 spiro atoms. The number of carbonyl (C=O) groups excluding carboxylic acids is 1. The summed E-state index contributed by atoms with van der Waals surface area (Å²) in [6, 6.07) is 6.76. The van der Waals surface area contributed by atoms with Crippen molar-refractivity contribution in [2.45, 2.75) is 16.9 Å². The molecule has 144 valence electrons. The summed E-state index contributed by atoms with van der Waals surface area (Å²) >= 11 is 2.73. The van der Waals surface area contributed by atoms with Crippen molar-refractivity contribution in [2.75, 3.05) is 28.2 Å². The van der Waals surface area contributed by atoms with Gasteiger partial charge in [-0.1, -0.05) is 41.3 Å². The van der Waals surface area contributed by atoms with Crippen LogP contribution in [0.4, 0.5) is 10.8 Å². The van der Waals surface area contributed by atoms with Gasteiger partial charge in [-0.25, -0.2) is 8.42 Å². The quantitative estimate of drug-likeness (QED) is 0.430. The molecule has 0 bridgehead atoms. The Balaban J connectivity index is 1.75. The van der Waals surface area contributed by atoms with Crippen LogP contribution in [-0.4, -0.2) is 49.2 Å². The molecule has 0 radical (unpaired) electrons. The van der Waals surface area contributed by atoms with E-state index in [0.717, 1.165) is 10.6 Å². The second kappa shape index (κ2) is 8.28. The summed E-state index contributed by atoms with van der Waals surface area (Å²) in [7, 11) is -3.49. The number of hydrogen-bond donors (Lipinski definition) is 1. The van der Waals surface area contributed by atoms with Gasteiger partial charge in [-0.3, -0.25) is 14.4 Å². The zero-order valence-corrected chi connectivity index (χ0v) is 16.9. The second-order valence-corrected chi connectivity index (χ2v) is 9.81. The summed E-state index contributed by atoms with van der Waals surface area (Å²) in [5.41, 5.74) is 0.425. The highest BCUT2D eigenvalue weighted by Crippen LogP contribution is 2.34. The number of aromatic nitrogens is 2. The van der Waals surface area contributed by atoms with Gasteiger partial charge in [0.2, 0.25) is 15.2 Å². The van der Waals surface area contributed by atoms with Crippen molar-refractivity contribution in [3.8, 4) is 5.75 Å². The molecule has 1 aliphatic rings. The fourth-order valence-electron chi connectivity index (χ4n) is 2.49. The van der Waals surface area contributed by atoms with E-state index in [1.54, 1.807) is 30.3 Å². The van der Waals surface area contributed by atoms with Crippen LogP contribution in [0.5, 0.6) is 5.75 Å². The summed E-state index contributed by atoms with van der Waals surface area (Å²) in [6.07, 6.45) is 2.26. The molecule has 1 amide bonds. The van der Waals surface area contributed by atoms with Gasteiger partial charge in [0.05, 0.1) is 11.9 Å². The summed E-state index contributed by atoms with van der Waals surface area (Å²) in [5.74, 6) is 0.656. The number of benzene rings is 1. The molecule has 1 aliphatic heterocycles. The van der Waals surface area contributed by atoms with Gasteiger partial charge in [0.1, 0.15) is 5.75 Å². The Morgan fingerprint density at radius 3 is 3.00 bits per heavy atom. The average Bonchev–Trinajstić information content (AvgIpc) is 2.95. The number of anilines is 2. The van der Waals surface area contributed by atoms with Crippen molar-refractivity contribution in [1.29, 1.82) is 0 Å². The van der Waals surface area contributed by atoms with E-state index in [4.69, 9.17) is 4.74 Å². The van der Waals surface area contributed by atoms with Crippen LogP contribution in [0.3, 0.4) is 0 Å². The lowest BCUT2D eigenvalue weighted by Crippen LogP contribution is -2.35. The van der Waals surface area contributed by atoms with Crippen LogP contribution in [-0.2, 0) is 14.8 Å². The summed E-state index contributed by atoms with van der Waals surface area (Å²) in [4.78, 5) is 12.6. The molecule has 1 aromatic heterocycles. The number of nitrogens with one attached hydrogen (secondary N) is 1. The van der Waals surface area contributed by atoms with Crippen LogP contribution in [0, 0.1) is 0 Å². The molecule has 1 N–H and O–H groups in total. The maximum Gasteiger partial charge on any atom is 0.267 e. The molecular formula is C16H18N4O4S3. The number of thioether (sulfide) groups is 1. The summed E-state index contributed by atoms with van der Waals surface area (Å²) < 4.78 is 32.0. The van der Waals surface area contributed by atoms with Gasteiger partial charge in [0.25, 0.3) is 5.91 Å². The monoisotopic (exact) mass is 426 g/mol. The first-order valence-electron chi connectivity index (χ1n) is 8.00. The first-order chi connectivity index (χ1) is 12.9. The van der Waals surface area contributed by atoms with Gasteiger partial charge in [-0.2, -0.15) is 0 Å². The van der Waals surface area contributed by atoms with E-state index in [1.807, 2.05) is 0 Å². The Kier molecular flexibility index (Phi) is 6.02. The van der Waals surface area contributed by atoms with Gasteiger partial charge >= 0.3 is 0 Å². The Morgan fingerprint density at radius 1 is 1.48 bits per heavy atom. The first-order valence-corrected chi connectivity index (χ1v) is 11.6. The third kappa shape index (κ3) is 4.79. The summed E-state index contributed by atoms with van der Waals surface area (Å²) in [5, 5.41) is 11.0. The highest BCUT2D eigenvalue weighted by atomic mass is 32.2. The predicted molar refractivity (Wildman–Crippen MR) is 107 cm³/mol. The van der Waals surface area contributed by atoms with Gasteiger partial charge in [0, 0.05) is 18.7 Å². The van der Waals surface area contributed by atoms with Crippen molar-refractivity contribution in [3.05, 3.63) is 36.9 Å². The minimum absolute atomic E-state index is 0.143. The zero-order chi connectivity index (χ0) is 19.4. The van der Waals surface area contributed by atoms with Crippen LogP contribution in [0.15, 0.2) is 41.3 Å². The fraction of sp³-hybridized carbons (Fsp3) is 0.312. The van der Waals surface area contributed by atoms with Crippen LogP contribution in [0.2, 0.25) is 0 Å². The maximum atomic E-state index is 12.6. The number of hydrogen-bond acceptors (Lipinski definition) is 8.